The van der Waals surface area contributed by atoms with E-state index in [0.29, 0.717) is 18.5 Å². The molecule has 0 aliphatic carbocycles. The van der Waals surface area contributed by atoms with E-state index < -0.39 is 11.0 Å². The average Bonchev–Trinajstić information content (AvgIpc) is 2.72. The maximum atomic E-state index is 13.3. The third kappa shape index (κ3) is 6.14. The first-order valence-electron chi connectivity index (χ1n) is 10.2. The van der Waals surface area contributed by atoms with Gasteiger partial charge in [0.25, 0.3) is 5.69 Å². The molecule has 2 rings (SSSR count). The molecule has 0 fully saturated rings. The van der Waals surface area contributed by atoms with Gasteiger partial charge in [-0.1, -0.05) is 61.9 Å². The monoisotopic (exact) mass is 411 g/mol. The molecule has 1 N–H and O–H groups in total. The number of benzene rings is 2. The number of nitro benzene ring substituents is 1. The Labute approximate surface area is 177 Å². The van der Waals surface area contributed by atoms with E-state index in [0.717, 1.165) is 17.5 Å². The normalized spacial score (nSPS) is 11.6. The van der Waals surface area contributed by atoms with Crippen LogP contribution in [0.5, 0.6) is 0 Å². The van der Waals surface area contributed by atoms with E-state index in [2.05, 4.69) is 5.32 Å². The average molecular weight is 412 g/mol. The number of hydrogen-bond acceptors (Lipinski definition) is 4. The molecule has 160 valence electrons. The van der Waals surface area contributed by atoms with Crippen molar-refractivity contribution in [3.63, 3.8) is 0 Å². The lowest BCUT2D eigenvalue weighted by Gasteiger charge is -2.31. The number of carbonyl (C=O) groups is 2. The fourth-order valence-corrected chi connectivity index (χ4v) is 3.40. The smallest absolute Gasteiger partial charge is 0.273 e. The minimum Gasteiger partial charge on any atom is -0.354 e. The molecule has 1 atom stereocenters. The zero-order chi connectivity index (χ0) is 22.1. The summed E-state index contributed by atoms with van der Waals surface area (Å²) >= 11 is 0. The largest absolute Gasteiger partial charge is 0.354 e. The maximum absolute atomic E-state index is 13.3. The van der Waals surface area contributed by atoms with Gasteiger partial charge in [0.05, 0.1) is 11.3 Å². The van der Waals surface area contributed by atoms with Crippen molar-refractivity contribution in [3.05, 3.63) is 75.3 Å². The second-order valence-corrected chi connectivity index (χ2v) is 7.29. The van der Waals surface area contributed by atoms with Crippen molar-refractivity contribution < 1.29 is 14.5 Å². The molecular formula is C23H29N3O4. The molecule has 0 bridgehead atoms. The van der Waals surface area contributed by atoms with E-state index in [1.165, 1.54) is 11.0 Å². The van der Waals surface area contributed by atoms with Crippen molar-refractivity contribution in [2.45, 2.75) is 52.6 Å². The lowest BCUT2D eigenvalue weighted by molar-refractivity contribution is -0.385. The molecule has 7 heteroatoms. The van der Waals surface area contributed by atoms with Gasteiger partial charge in [-0.05, 0) is 25.3 Å². The highest BCUT2D eigenvalue weighted by Gasteiger charge is 2.29. The van der Waals surface area contributed by atoms with Crippen LogP contribution in [0.4, 0.5) is 5.69 Å². The van der Waals surface area contributed by atoms with Crippen LogP contribution in [-0.2, 0) is 22.6 Å². The molecule has 2 aromatic carbocycles. The van der Waals surface area contributed by atoms with Crippen molar-refractivity contribution in [1.82, 2.24) is 10.2 Å². The number of rotatable bonds is 10. The third-order valence-electron chi connectivity index (χ3n) is 4.90. The molecular weight excluding hydrogens is 382 g/mol. The number of amides is 2. The maximum Gasteiger partial charge on any atom is 0.273 e. The minimum atomic E-state index is -0.646. The van der Waals surface area contributed by atoms with Crippen molar-refractivity contribution in [1.29, 1.82) is 0 Å². The van der Waals surface area contributed by atoms with Gasteiger partial charge in [-0.2, -0.15) is 0 Å². The summed E-state index contributed by atoms with van der Waals surface area (Å²) < 4.78 is 0. The molecule has 2 aromatic rings. The zero-order valence-corrected chi connectivity index (χ0v) is 17.8. The van der Waals surface area contributed by atoms with Gasteiger partial charge in [-0.25, -0.2) is 0 Å². The predicted octanol–water partition coefficient (Wildman–Crippen LogP) is 3.78. The van der Waals surface area contributed by atoms with Gasteiger partial charge in [-0.3, -0.25) is 19.7 Å². The van der Waals surface area contributed by atoms with Crippen LogP contribution in [0.1, 0.15) is 43.4 Å². The quantitative estimate of drug-likeness (QED) is 0.476. The Morgan fingerprint density at radius 3 is 2.50 bits per heavy atom. The summed E-state index contributed by atoms with van der Waals surface area (Å²) in [5.41, 5.74) is 2.21. The summed E-state index contributed by atoms with van der Waals surface area (Å²) in [6.45, 7) is 6.59. The van der Waals surface area contributed by atoms with Crippen LogP contribution >= 0.6 is 0 Å². The second kappa shape index (κ2) is 11.1. The first-order valence-corrected chi connectivity index (χ1v) is 10.2. The molecule has 2 amide bonds. The van der Waals surface area contributed by atoms with Crippen LogP contribution in [0.2, 0.25) is 0 Å². The van der Waals surface area contributed by atoms with E-state index in [4.69, 9.17) is 0 Å². The molecule has 0 heterocycles. The van der Waals surface area contributed by atoms with Crippen molar-refractivity contribution in [2.75, 3.05) is 6.54 Å². The van der Waals surface area contributed by atoms with Crippen molar-refractivity contribution >= 4 is 17.5 Å². The van der Waals surface area contributed by atoms with Gasteiger partial charge >= 0.3 is 0 Å². The summed E-state index contributed by atoms with van der Waals surface area (Å²) in [5.74, 6) is -0.521. The van der Waals surface area contributed by atoms with E-state index in [1.807, 2.05) is 45.0 Å². The van der Waals surface area contributed by atoms with Gasteiger partial charge in [0, 0.05) is 24.7 Å². The van der Waals surface area contributed by atoms with Crippen LogP contribution in [0, 0.1) is 17.0 Å². The van der Waals surface area contributed by atoms with Crippen LogP contribution in [0.3, 0.4) is 0 Å². The first-order chi connectivity index (χ1) is 14.4. The highest BCUT2D eigenvalue weighted by molar-refractivity contribution is 5.88. The number of nitrogens with zero attached hydrogens (tertiary/aromatic N) is 2. The number of nitrogens with one attached hydrogen (secondary N) is 1. The summed E-state index contributed by atoms with van der Waals surface area (Å²) in [4.78, 5) is 38.4. The van der Waals surface area contributed by atoms with Crippen LogP contribution in [0.25, 0.3) is 0 Å². The van der Waals surface area contributed by atoms with E-state index in [-0.39, 0.29) is 30.5 Å². The van der Waals surface area contributed by atoms with Gasteiger partial charge in [-0.15, -0.1) is 0 Å². The first kappa shape index (κ1) is 23.1. The zero-order valence-electron chi connectivity index (χ0n) is 17.8. The molecule has 30 heavy (non-hydrogen) atoms. The molecule has 0 aromatic heterocycles. The molecule has 0 saturated heterocycles. The molecule has 0 saturated carbocycles. The van der Waals surface area contributed by atoms with E-state index in [1.54, 1.807) is 18.2 Å². The fraction of sp³-hybridized carbons (Fsp3) is 0.391. The standard InChI is InChI=1S/C23H29N3O4/c1-4-13-24-23(28)20(5-2)25(16-18-10-8-9-17(3)14-18)22(27)15-19-11-6-7-12-21(19)26(29)30/h6-12,14,20H,4-5,13,15-16H2,1-3H3,(H,24,28)/t20-/m1/s1. The molecule has 0 unspecified atom stereocenters. The molecule has 0 aliphatic rings. The summed E-state index contributed by atoms with van der Waals surface area (Å²) in [6, 6.07) is 13.3. The number of hydrogen-bond donors (Lipinski definition) is 1. The predicted molar refractivity (Wildman–Crippen MR) is 116 cm³/mol. The number of para-hydroxylation sites is 1. The van der Waals surface area contributed by atoms with Crippen molar-refractivity contribution in [2.24, 2.45) is 0 Å². The van der Waals surface area contributed by atoms with Gasteiger partial charge in [0.15, 0.2) is 0 Å². The number of carbonyl (C=O) groups excluding carboxylic acids is 2. The Morgan fingerprint density at radius 2 is 1.87 bits per heavy atom. The summed E-state index contributed by atoms with van der Waals surface area (Å²) in [7, 11) is 0. The molecule has 0 spiro atoms. The highest BCUT2D eigenvalue weighted by Crippen LogP contribution is 2.21. The summed E-state index contributed by atoms with van der Waals surface area (Å²) in [6.07, 6.45) is 1.11. The molecule has 7 nitrogen and oxygen atoms in total. The number of nitro groups is 1. The topological polar surface area (TPSA) is 92.6 Å². The Balaban J connectivity index is 2.35. The highest BCUT2D eigenvalue weighted by atomic mass is 16.6. The Hall–Kier alpha value is -3.22. The Morgan fingerprint density at radius 1 is 1.13 bits per heavy atom. The fourth-order valence-electron chi connectivity index (χ4n) is 3.40. The number of aryl methyl sites for hydroxylation is 1. The Kier molecular flexibility index (Phi) is 8.53. The Bertz CT molecular complexity index is 898. The molecule has 0 radical (unpaired) electrons. The van der Waals surface area contributed by atoms with Crippen molar-refractivity contribution in [3.8, 4) is 0 Å². The third-order valence-corrected chi connectivity index (χ3v) is 4.90. The van der Waals surface area contributed by atoms with Gasteiger partial charge in [0.2, 0.25) is 11.8 Å². The van der Waals surface area contributed by atoms with Crippen LogP contribution < -0.4 is 5.32 Å². The van der Waals surface area contributed by atoms with Gasteiger partial charge in [0.1, 0.15) is 6.04 Å². The van der Waals surface area contributed by atoms with Crippen LogP contribution in [-0.4, -0.2) is 34.2 Å². The summed E-state index contributed by atoms with van der Waals surface area (Å²) in [5, 5.41) is 14.2. The lowest BCUT2D eigenvalue weighted by Crippen LogP contribution is -2.49. The SMILES string of the molecule is CCCNC(=O)[C@@H](CC)N(Cc1cccc(C)c1)C(=O)Cc1ccccc1[N+](=O)[O-]. The molecule has 0 aliphatic heterocycles. The van der Waals surface area contributed by atoms with Crippen LogP contribution in [0.15, 0.2) is 48.5 Å². The van der Waals surface area contributed by atoms with Gasteiger partial charge < -0.3 is 10.2 Å². The van der Waals surface area contributed by atoms with E-state index >= 15 is 0 Å². The lowest BCUT2D eigenvalue weighted by atomic mass is 10.0. The minimum absolute atomic E-state index is 0.0927. The second-order valence-electron chi connectivity index (χ2n) is 7.29. The van der Waals surface area contributed by atoms with E-state index in [9.17, 15) is 19.7 Å².